The molecule has 2 amide bonds. The third-order valence-electron chi connectivity index (χ3n) is 3.73. The number of hydrogen-bond donors (Lipinski definition) is 1. The standard InChI is InChI=1S/C15H16N2O3/c1-2-7-17-12(18)8-10-9-5-3-4-6-11(9)20-14(16)13(10)15(17)19/h3-6,10H,2,7-8,16H2,1H3. The molecule has 0 radical (unpaired) electrons. The Labute approximate surface area is 117 Å². The van der Waals surface area contributed by atoms with Crippen LogP contribution in [0.2, 0.25) is 0 Å². The summed E-state index contributed by atoms with van der Waals surface area (Å²) >= 11 is 0. The van der Waals surface area contributed by atoms with Gasteiger partial charge in [0, 0.05) is 24.4 Å². The van der Waals surface area contributed by atoms with Crippen LogP contribution in [0, 0.1) is 0 Å². The number of carbonyl (C=O) groups excluding carboxylic acids is 2. The van der Waals surface area contributed by atoms with Gasteiger partial charge in [-0.2, -0.15) is 0 Å². The third-order valence-corrected chi connectivity index (χ3v) is 3.73. The van der Waals surface area contributed by atoms with Gasteiger partial charge in [-0.3, -0.25) is 14.5 Å². The Morgan fingerprint density at radius 2 is 2.10 bits per heavy atom. The summed E-state index contributed by atoms with van der Waals surface area (Å²) in [4.78, 5) is 25.9. The van der Waals surface area contributed by atoms with Crippen molar-refractivity contribution in [1.82, 2.24) is 4.90 Å². The van der Waals surface area contributed by atoms with Crippen molar-refractivity contribution in [1.29, 1.82) is 0 Å². The minimum Gasteiger partial charge on any atom is -0.441 e. The van der Waals surface area contributed by atoms with Crippen LogP contribution in [0.3, 0.4) is 0 Å². The highest BCUT2D eigenvalue weighted by Crippen LogP contribution is 2.43. The Kier molecular flexibility index (Phi) is 2.97. The average Bonchev–Trinajstić information content (AvgIpc) is 2.43. The zero-order valence-electron chi connectivity index (χ0n) is 11.3. The van der Waals surface area contributed by atoms with Gasteiger partial charge in [0.25, 0.3) is 5.91 Å². The van der Waals surface area contributed by atoms with Crippen LogP contribution >= 0.6 is 0 Å². The second-order valence-electron chi connectivity index (χ2n) is 5.03. The van der Waals surface area contributed by atoms with Crippen molar-refractivity contribution in [3.05, 3.63) is 41.3 Å². The number of piperidine rings is 1. The van der Waals surface area contributed by atoms with Crippen molar-refractivity contribution in [3.63, 3.8) is 0 Å². The van der Waals surface area contributed by atoms with E-state index in [1.807, 2.05) is 25.1 Å². The molecule has 1 aromatic carbocycles. The van der Waals surface area contributed by atoms with Crippen LogP contribution < -0.4 is 10.5 Å². The minimum atomic E-state index is -0.319. The predicted molar refractivity (Wildman–Crippen MR) is 72.7 cm³/mol. The summed E-state index contributed by atoms with van der Waals surface area (Å²) < 4.78 is 5.53. The van der Waals surface area contributed by atoms with E-state index < -0.39 is 0 Å². The molecule has 0 aromatic heterocycles. The number of para-hydroxylation sites is 1. The summed E-state index contributed by atoms with van der Waals surface area (Å²) in [5.74, 6) is -0.00106. The molecule has 0 bridgehead atoms. The smallest absolute Gasteiger partial charge is 0.262 e. The maximum atomic E-state index is 12.5. The first-order chi connectivity index (χ1) is 9.63. The normalized spacial score (nSPS) is 21.4. The molecule has 2 heterocycles. The van der Waals surface area contributed by atoms with Gasteiger partial charge in [-0.25, -0.2) is 0 Å². The summed E-state index contributed by atoms with van der Waals surface area (Å²) in [6.45, 7) is 2.35. The lowest BCUT2D eigenvalue weighted by Crippen LogP contribution is -2.46. The highest BCUT2D eigenvalue weighted by Gasteiger charge is 2.42. The number of imide groups is 1. The number of nitrogens with two attached hydrogens (primary N) is 1. The Bertz CT molecular complexity index is 621. The second kappa shape index (κ2) is 4.67. The summed E-state index contributed by atoms with van der Waals surface area (Å²) in [6, 6.07) is 7.39. The number of ether oxygens (including phenoxy) is 1. The molecule has 1 unspecified atom stereocenters. The number of rotatable bonds is 2. The van der Waals surface area contributed by atoms with Crippen molar-refractivity contribution in [2.45, 2.75) is 25.7 Å². The molecular weight excluding hydrogens is 256 g/mol. The quantitative estimate of drug-likeness (QED) is 0.828. The monoisotopic (exact) mass is 272 g/mol. The number of fused-ring (bicyclic) bond motifs is 3. The van der Waals surface area contributed by atoms with E-state index in [0.717, 1.165) is 12.0 Å². The number of nitrogens with zero attached hydrogens (tertiary/aromatic N) is 1. The molecule has 104 valence electrons. The van der Waals surface area contributed by atoms with Gasteiger partial charge in [0.1, 0.15) is 5.75 Å². The molecule has 0 saturated carbocycles. The fourth-order valence-corrected chi connectivity index (χ4v) is 2.82. The van der Waals surface area contributed by atoms with Gasteiger partial charge in [0.05, 0.1) is 5.57 Å². The largest absolute Gasteiger partial charge is 0.441 e. The highest BCUT2D eigenvalue weighted by molar-refractivity contribution is 6.09. The van der Waals surface area contributed by atoms with Crippen LogP contribution in [0.15, 0.2) is 35.7 Å². The van der Waals surface area contributed by atoms with Gasteiger partial charge in [-0.1, -0.05) is 25.1 Å². The third kappa shape index (κ3) is 1.78. The molecule has 0 aliphatic carbocycles. The lowest BCUT2D eigenvalue weighted by molar-refractivity contribution is -0.145. The van der Waals surface area contributed by atoms with E-state index in [1.54, 1.807) is 6.07 Å². The van der Waals surface area contributed by atoms with Gasteiger partial charge < -0.3 is 10.5 Å². The maximum Gasteiger partial charge on any atom is 0.262 e. The van der Waals surface area contributed by atoms with E-state index in [0.29, 0.717) is 17.9 Å². The summed E-state index contributed by atoms with van der Waals surface area (Å²) in [7, 11) is 0. The topological polar surface area (TPSA) is 72.6 Å². The van der Waals surface area contributed by atoms with Crippen LogP contribution in [-0.4, -0.2) is 23.3 Å². The molecule has 3 rings (SSSR count). The Morgan fingerprint density at radius 3 is 2.85 bits per heavy atom. The molecule has 20 heavy (non-hydrogen) atoms. The Morgan fingerprint density at radius 1 is 1.35 bits per heavy atom. The zero-order valence-corrected chi connectivity index (χ0v) is 11.3. The molecule has 2 aliphatic heterocycles. The van der Waals surface area contributed by atoms with E-state index >= 15 is 0 Å². The summed E-state index contributed by atoms with van der Waals surface area (Å²) in [6.07, 6.45) is 0.995. The van der Waals surface area contributed by atoms with Crippen molar-refractivity contribution >= 4 is 11.8 Å². The molecule has 5 nitrogen and oxygen atoms in total. The number of amides is 2. The van der Waals surface area contributed by atoms with Crippen molar-refractivity contribution in [3.8, 4) is 5.75 Å². The molecule has 0 spiro atoms. The molecular formula is C15H16N2O3. The number of benzene rings is 1. The lowest BCUT2D eigenvalue weighted by atomic mass is 9.82. The van der Waals surface area contributed by atoms with Gasteiger partial charge in [-0.15, -0.1) is 0 Å². The van der Waals surface area contributed by atoms with Crippen LogP contribution in [-0.2, 0) is 9.59 Å². The fraction of sp³-hybridized carbons (Fsp3) is 0.333. The molecule has 2 aliphatic rings. The average molecular weight is 272 g/mol. The van der Waals surface area contributed by atoms with Crippen molar-refractivity contribution in [2.75, 3.05) is 6.54 Å². The van der Waals surface area contributed by atoms with Gasteiger partial charge in [-0.05, 0) is 12.5 Å². The van der Waals surface area contributed by atoms with E-state index in [4.69, 9.17) is 10.5 Å². The molecule has 1 fully saturated rings. The second-order valence-corrected chi connectivity index (χ2v) is 5.03. The van der Waals surface area contributed by atoms with Crippen molar-refractivity contribution in [2.24, 2.45) is 5.73 Å². The zero-order chi connectivity index (χ0) is 14.3. The predicted octanol–water partition coefficient (Wildman–Crippen LogP) is 1.50. The molecule has 2 N–H and O–H groups in total. The first kappa shape index (κ1) is 12.7. The Balaban J connectivity index is 2.06. The number of likely N-dealkylation sites (tertiary alicyclic amines) is 1. The number of hydrogen-bond acceptors (Lipinski definition) is 4. The highest BCUT2D eigenvalue weighted by atomic mass is 16.5. The molecule has 1 atom stereocenters. The molecule has 1 saturated heterocycles. The van der Waals surface area contributed by atoms with Crippen LogP contribution in [0.1, 0.15) is 31.2 Å². The van der Waals surface area contributed by atoms with Gasteiger partial charge in [0.15, 0.2) is 5.88 Å². The van der Waals surface area contributed by atoms with E-state index in [2.05, 4.69) is 0 Å². The van der Waals surface area contributed by atoms with Gasteiger partial charge in [0.2, 0.25) is 5.91 Å². The Hall–Kier alpha value is -2.30. The summed E-state index contributed by atoms with van der Waals surface area (Å²) in [5, 5.41) is 0. The summed E-state index contributed by atoms with van der Waals surface area (Å²) in [5.41, 5.74) is 7.17. The number of carbonyl (C=O) groups is 2. The first-order valence-electron chi connectivity index (χ1n) is 6.74. The maximum absolute atomic E-state index is 12.5. The van der Waals surface area contributed by atoms with Crippen LogP contribution in [0.4, 0.5) is 0 Å². The lowest BCUT2D eigenvalue weighted by Gasteiger charge is -2.35. The van der Waals surface area contributed by atoms with Crippen LogP contribution in [0.25, 0.3) is 0 Å². The van der Waals surface area contributed by atoms with E-state index in [9.17, 15) is 9.59 Å². The van der Waals surface area contributed by atoms with E-state index in [1.165, 1.54) is 4.90 Å². The van der Waals surface area contributed by atoms with Gasteiger partial charge >= 0.3 is 0 Å². The van der Waals surface area contributed by atoms with E-state index in [-0.39, 0.29) is 30.0 Å². The van der Waals surface area contributed by atoms with Crippen LogP contribution in [0.5, 0.6) is 5.75 Å². The fourth-order valence-electron chi connectivity index (χ4n) is 2.82. The molecule has 1 aromatic rings. The minimum absolute atomic E-state index is 0.118. The first-order valence-corrected chi connectivity index (χ1v) is 6.74. The molecule has 5 heteroatoms. The SMILES string of the molecule is CCCN1C(=O)CC2C(=C(N)Oc3ccccc32)C1=O. The van der Waals surface area contributed by atoms with Crippen molar-refractivity contribution < 1.29 is 14.3 Å².